The highest BCUT2D eigenvalue weighted by atomic mass is 35.5. The zero-order valence-corrected chi connectivity index (χ0v) is 17.5. The molecule has 1 aromatic rings. The highest BCUT2D eigenvalue weighted by molar-refractivity contribution is 6.30. The molecule has 0 unspecified atom stereocenters. The lowest BCUT2D eigenvalue weighted by Gasteiger charge is -2.36. The summed E-state index contributed by atoms with van der Waals surface area (Å²) in [5, 5.41) is 13.2. The van der Waals surface area contributed by atoms with Crippen LogP contribution in [0.3, 0.4) is 0 Å². The Balaban J connectivity index is 1.70. The molecule has 5 nitrogen and oxygen atoms in total. The number of carbonyl (C=O) groups excluding carboxylic acids is 2. The van der Waals surface area contributed by atoms with Gasteiger partial charge in [-0.15, -0.1) is 0 Å². The van der Waals surface area contributed by atoms with E-state index >= 15 is 0 Å². The highest BCUT2D eigenvalue weighted by Gasteiger charge is 2.60. The number of fused-ring (bicyclic) bond motifs is 2. The molecule has 0 saturated carbocycles. The van der Waals surface area contributed by atoms with Crippen LogP contribution in [0.25, 0.3) is 0 Å². The van der Waals surface area contributed by atoms with Crippen LogP contribution in [-0.2, 0) is 16.0 Å². The number of hydrogen-bond acceptors (Lipinski definition) is 3. The van der Waals surface area contributed by atoms with Crippen molar-refractivity contribution < 1.29 is 14.7 Å². The van der Waals surface area contributed by atoms with Gasteiger partial charge in [0.1, 0.15) is 6.61 Å². The van der Waals surface area contributed by atoms with Gasteiger partial charge in [-0.3, -0.25) is 9.59 Å². The number of amides is 2. The van der Waals surface area contributed by atoms with E-state index in [1.165, 1.54) is 0 Å². The fraction of sp³-hybridized carbons (Fsp3) is 0.636. The van der Waals surface area contributed by atoms with Gasteiger partial charge in [0.05, 0.1) is 5.41 Å². The normalized spacial score (nSPS) is 26.1. The van der Waals surface area contributed by atoms with Gasteiger partial charge in [-0.1, -0.05) is 37.6 Å². The van der Waals surface area contributed by atoms with Gasteiger partial charge < -0.3 is 15.3 Å². The molecule has 3 atom stereocenters. The van der Waals surface area contributed by atoms with Crippen molar-refractivity contribution in [2.24, 2.45) is 11.3 Å². The van der Waals surface area contributed by atoms with Crippen molar-refractivity contribution in [3.05, 3.63) is 34.9 Å². The number of hydrogen-bond donors (Lipinski definition) is 2. The number of halogens is 1. The van der Waals surface area contributed by atoms with Crippen molar-refractivity contribution in [1.82, 2.24) is 10.2 Å². The van der Waals surface area contributed by atoms with Crippen LogP contribution in [0.1, 0.15) is 51.5 Å². The topological polar surface area (TPSA) is 69.6 Å². The van der Waals surface area contributed by atoms with Crippen molar-refractivity contribution in [2.75, 3.05) is 13.2 Å². The van der Waals surface area contributed by atoms with Crippen LogP contribution in [0.2, 0.25) is 5.02 Å². The predicted octanol–water partition coefficient (Wildman–Crippen LogP) is 3.18. The molecule has 28 heavy (non-hydrogen) atoms. The van der Waals surface area contributed by atoms with Crippen LogP contribution in [0, 0.1) is 11.3 Å². The number of benzene rings is 1. The second-order valence-corrected chi connectivity index (χ2v) is 9.07. The summed E-state index contributed by atoms with van der Waals surface area (Å²) >= 11 is 5.93. The Bertz CT molecular complexity index is 706. The van der Waals surface area contributed by atoms with Crippen molar-refractivity contribution in [2.45, 2.75) is 64.5 Å². The molecule has 0 aliphatic carbocycles. The molecule has 2 amide bonds. The van der Waals surface area contributed by atoms with Gasteiger partial charge in [-0.2, -0.15) is 0 Å². The van der Waals surface area contributed by atoms with Crippen molar-refractivity contribution >= 4 is 23.4 Å². The van der Waals surface area contributed by atoms with Crippen LogP contribution in [0.5, 0.6) is 0 Å². The van der Waals surface area contributed by atoms with E-state index in [0.29, 0.717) is 23.9 Å². The molecule has 2 fully saturated rings. The SMILES string of the molecule is CC(C)CC[C@]1(C(=O)NCCc2ccc(Cl)cc2)C[C@H]2CC[C@@H]1N2C(=O)CO. The van der Waals surface area contributed by atoms with E-state index in [1.54, 1.807) is 4.90 Å². The molecular weight excluding hydrogens is 376 g/mol. The van der Waals surface area contributed by atoms with E-state index in [4.69, 9.17) is 11.6 Å². The summed E-state index contributed by atoms with van der Waals surface area (Å²) in [6.45, 7) is 4.41. The zero-order chi connectivity index (χ0) is 20.3. The van der Waals surface area contributed by atoms with Gasteiger partial charge >= 0.3 is 0 Å². The average Bonchev–Trinajstić information content (AvgIpc) is 3.23. The third kappa shape index (κ3) is 4.20. The number of nitrogens with one attached hydrogen (secondary N) is 1. The summed E-state index contributed by atoms with van der Waals surface area (Å²) in [6, 6.07) is 7.66. The molecule has 0 aromatic heterocycles. The standard InChI is InChI=1S/C22H31ClN2O3/c1-15(2)9-11-22(13-18-7-8-19(22)25(18)20(27)14-26)21(28)24-12-10-16-3-5-17(23)6-4-16/h3-6,15,18-19,26H,7-14H2,1-2H3,(H,24,28)/t18-,19+,22+/m1/s1. The third-order valence-corrected chi connectivity index (χ3v) is 6.65. The first-order valence-electron chi connectivity index (χ1n) is 10.3. The minimum absolute atomic E-state index is 0.0602. The summed E-state index contributed by atoms with van der Waals surface area (Å²) in [5.74, 6) is 0.317. The van der Waals surface area contributed by atoms with Gasteiger partial charge in [0.2, 0.25) is 11.8 Å². The molecular formula is C22H31ClN2O3. The molecule has 2 heterocycles. The predicted molar refractivity (Wildman–Crippen MR) is 110 cm³/mol. The molecule has 2 bridgehead atoms. The largest absolute Gasteiger partial charge is 0.387 e. The molecule has 3 rings (SSSR count). The second kappa shape index (κ2) is 8.83. The lowest BCUT2D eigenvalue weighted by Crippen LogP contribution is -2.50. The Morgan fingerprint density at radius 1 is 1.29 bits per heavy atom. The molecule has 1 aromatic carbocycles. The Morgan fingerprint density at radius 3 is 2.64 bits per heavy atom. The van der Waals surface area contributed by atoms with E-state index in [1.807, 2.05) is 24.3 Å². The van der Waals surface area contributed by atoms with Crippen molar-refractivity contribution in [3.8, 4) is 0 Å². The fourth-order valence-electron chi connectivity index (χ4n) is 4.96. The Morgan fingerprint density at radius 2 is 2.00 bits per heavy atom. The fourth-order valence-corrected chi connectivity index (χ4v) is 5.09. The maximum atomic E-state index is 13.3. The summed E-state index contributed by atoms with van der Waals surface area (Å²) in [5.41, 5.74) is 0.601. The lowest BCUT2D eigenvalue weighted by atomic mass is 9.69. The van der Waals surface area contributed by atoms with Gasteiger partial charge in [0.25, 0.3) is 0 Å². The molecule has 0 spiro atoms. The third-order valence-electron chi connectivity index (χ3n) is 6.40. The van der Waals surface area contributed by atoms with E-state index < -0.39 is 12.0 Å². The number of nitrogens with zero attached hydrogens (tertiary/aromatic N) is 1. The van der Waals surface area contributed by atoms with Crippen LogP contribution in [-0.4, -0.2) is 47.1 Å². The van der Waals surface area contributed by atoms with Gasteiger partial charge in [-0.25, -0.2) is 0 Å². The van der Waals surface area contributed by atoms with Crippen LogP contribution < -0.4 is 5.32 Å². The van der Waals surface area contributed by atoms with Gasteiger partial charge in [0, 0.05) is 23.7 Å². The summed E-state index contributed by atoms with van der Waals surface area (Å²) < 4.78 is 0. The van der Waals surface area contributed by atoms with Crippen LogP contribution >= 0.6 is 11.6 Å². The second-order valence-electron chi connectivity index (χ2n) is 8.63. The highest BCUT2D eigenvalue weighted by Crippen LogP contribution is 2.52. The Kier molecular flexibility index (Phi) is 6.66. The first-order valence-corrected chi connectivity index (χ1v) is 10.7. The zero-order valence-electron chi connectivity index (χ0n) is 16.8. The first-order chi connectivity index (χ1) is 13.4. The Hall–Kier alpha value is -1.59. The molecule has 0 radical (unpaired) electrons. The van der Waals surface area contributed by atoms with Gasteiger partial charge in [0.15, 0.2) is 0 Å². The molecule has 2 saturated heterocycles. The smallest absolute Gasteiger partial charge is 0.248 e. The van der Waals surface area contributed by atoms with Crippen LogP contribution in [0.15, 0.2) is 24.3 Å². The quantitative estimate of drug-likeness (QED) is 0.696. The average molecular weight is 407 g/mol. The number of aliphatic hydroxyl groups excluding tert-OH is 1. The number of carbonyl (C=O) groups is 2. The van der Waals surface area contributed by atoms with Gasteiger partial charge in [-0.05, 0) is 62.1 Å². The minimum Gasteiger partial charge on any atom is -0.387 e. The maximum absolute atomic E-state index is 13.3. The molecule has 2 aliphatic heterocycles. The lowest BCUT2D eigenvalue weighted by molar-refractivity contribution is -0.139. The maximum Gasteiger partial charge on any atom is 0.248 e. The summed E-state index contributed by atoms with van der Waals surface area (Å²) in [7, 11) is 0. The van der Waals surface area contributed by atoms with Crippen molar-refractivity contribution in [3.63, 3.8) is 0 Å². The number of aliphatic hydroxyl groups is 1. The molecule has 2 N–H and O–H groups in total. The van der Waals surface area contributed by atoms with E-state index in [-0.39, 0.29) is 23.9 Å². The van der Waals surface area contributed by atoms with E-state index in [0.717, 1.165) is 37.7 Å². The summed E-state index contributed by atoms with van der Waals surface area (Å²) in [6.07, 6.45) is 4.97. The Labute approximate surface area is 172 Å². The van der Waals surface area contributed by atoms with E-state index in [2.05, 4.69) is 19.2 Å². The summed E-state index contributed by atoms with van der Waals surface area (Å²) in [4.78, 5) is 27.4. The van der Waals surface area contributed by atoms with E-state index in [9.17, 15) is 14.7 Å². The molecule has 154 valence electrons. The number of rotatable bonds is 8. The monoisotopic (exact) mass is 406 g/mol. The molecule has 6 heteroatoms. The van der Waals surface area contributed by atoms with Crippen LogP contribution in [0.4, 0.5) is 0 Å². The van der Waals surface area contributed by atoms with Crippen molar-refractivity contribution in [1.29, 1.82) is 0 Å². The molecule has 2 aliphatic rings. The first kappa shape index (κ1) is 21.1. The minimum atomic E-state index is -0.530.